The lowest BCUT2D eigenvalue weighted by Crippen LogP contribution is -2.45. The van der Waals surface area contributed by atoms with Gasteiger partial charge >= 0.3 is 24.0 Å². The Morgan fingerprint density at radius 2 is 1.09 bits per heavy atom. The monoisotopic (exact) mass is 1170 g/mol. The number of hydrogen-bond donors (Lipinski definition) is 9. The number of hydrazone groups is 1. The third-order valence-corrected chi connectivity index (χ3v) is 16.4. The number of aryl methyl sites for hydroxylation is 2. The molecule has 4 rings (SSSR count). The summed E-state index contributed by atoms with van der Waals surface area (Å²) in [5.41, 5.74) is 6.23. The van der Waals surface area contributed by atoms with E-state index in [0.29, 0.717) is 56.9 Å². The normalized spacial score (nSPS) is 28.4. The molecular formula is C58H90N8O13S2. The first-order valence-electron chi connectivity index (χ1n) is 27.4. The molecule has 0 spiro atoms. The van der Waals surface area contributed by atoms with Crippen molar-refractivity contribution in [2.75, 3.05) is 14.1 Å². The maximum absolute atomic E-state index is 13.3. The predicted octanol–water partition coefficient (Wildman–Crippen LogP) is 7.40. The SMILES string of the molecule is C/C(=C\c1csc(C)n1)[C@@H]1C/C=C(/C=O)CCC[C@H](C)C(O)[C@@H](C)C(=O)C(C)(C)C(O)CC(=O)O1.CNC(=O)N/N=C/C1=C/C[C@@H](/C(C)=C/c2csc(C)n2)OC(=O)C[C@H](O)C(C)(C)C(=O)[C@H](C)[C@@H](O)[C@@H](C)CCC1.CNC(=O)NN. The molecule has 10 N–H and O–H groups in total. The van der Waals surface area contributed by atoms with E-state index in [1.54, 1.807) is 53.8 Å². The van der Waals surface area contributed by atoms with Gasteiger partial charge in [0.1, 0.15) is 30.1 Å². The van der Waals surface area contributed by atoms with Crippen molar-refractivity contribution in [1.82, 2.24) is 31.5 Å². The maximum Gasteiger partial charge on any atom is 0.334 e. The molecule has 0 radical (unpaired) electrons. The Bertz CT molecular complexity index is 2560. The number of esters is 2. The standard InChI is InChI=1S/C29H44N4O6S.C27H39NO6S.C2H7N3O/c1-17-9-8-10-21(15-31-33-28(38)30-7)11-12-23(18(2)13-22-16-40-20(4)32-22)39-25(35)14-24(34)29(5,6)27(37)19(3)26(17)36;1-16-8-7-9-20(14-29)10-11-22(17(2)12-21-15-35-19(4)28-21)34-24(31)13-23(30)27(5,6)26(33)18(3)25(16)32;1-4-2(6)5-3/h11,13,15-17,19,23-24,26,34,36H,8-10,12,14H2,1-7H3,(H2,30,33,38);10,12,14-16,18,22-23,25,30,32H,7-9,11,13H2,1-6H3;3H2,1H3,(H2,4,5,6)/b18-13+,21-11+,31-15+;17-12+,20-10+;/t17-,19+,23-,24-,26-;16-,18+,22-,23?,25?;/m00./s1. The van der Waals surface area contributed by atoms with Gasteiger partial charge in [-0.3, -0.25) is 29.4 Å². The number of allylic oxidation sites excluding steroid dienone is 2. The molecule has 23 heteroatoms. The third-order valence-electron chi connectivity index (χ3n) is 14.8. The molecule has 10 atom stereocenters. The second kappa shape index (κ2) is 34.6. The zero-order chi connectivity index (χ0) is 61.4. The Hall–Kier alpha value is -5.82. The van der Waals surface area contributed by atoms with Crippen molar-refractivity contribution in [1.29, 1.82) is 0 Å². The van der Waals surface area contributed by atoms with Crippen LogP contribution in [0.4, 0.5) is 9.59 Å². The van der Waals surface area contributed by atoms with Crippen molar-refractivity contribution in [3.63, 3.8) is 0 Å². The van der Waals surface area contributed by atoms with Crippen LogP contribution in [0.5, 0.6) is 0 Å². The number of nitrogens with two attached hydrogens (primary N) is 1. The number of nitrogens with one attached hydrogen (secondary N) is 4. The van der Waals surface area contributed by atoms with Gasteiger partial charge in [0.2, 0.25) is 0 Å². The molecule has 0 fully saturated rings. The Kier molecular flexibility index (Phi) is 30.4. The summed E-state index contributed by atoms with van der Waals surface area (Å²) in [5, 5.41) is 57.8. The molecule has 0 aromatic carbocycles. The van der Waals surface area contributed by atoms with E-state index in [0.717, 1.165) is 44.4 Å². The van der Waals surface area contributed by atoms with E-state index in [2.05, 4.69) is 37.0 Å². The van der Waals surface area contributed by atoms with Crippen molar-refractivity contribution in [3.05, 3.63) is 66.6 Å². The molecule has 4 heterocycles. The summed E-state index contributed by atoms with van der Waals surface area (Å²) in [6.07, 6.45) is 7.83. The predicted molar refractivity (Wildman–Crippen MR) is 315 cm³/mol. The highest BCUT2D eigenvalue weighted by Gasteiger charge is 2.44. The molecule has 0 bridgehead atoms. The number of Topliss-reactive ketones (excluding diaryl/α,β-unsaturated/α-hetero) is 2. The molecule has 4 amide bonds. The molecule has 2 aromatic rings. The summed E-state index contributed by atoms with van der Waals surface area (Å²) < 4.78 is 11.6. The van der Waals surface area contributed by atoms with Crippen LogP contribution in [0.1, 0.15) is 155 Å². The number of aliphatic hydroxyl groups is 4. The van der Waals surface area contributed by atoms with Crippen LogP contribution >= 0.6 is 22.7 Å². The van der Waals surface area contributed by atoms with Crippen molar-refractivity contribution in [2.24, 2.45) is 45.4 Å². The number of amides is 4. The summed E-state index contributed by atoms with van der Waals surface area (Å²) in [7, 11) is 2.98. The zero-order valence-corrected chi connectivity index (χ0v) is 51.3. The fraction of sp³-hybridized carbons (Fsp3) is 0.621. The summed E-state index contributed by atoms with van der Waals surface area (Å²) in [6, 6.07) is -0.832. The van der Waals surface area contributed by atoms with E-state index >= 15 is 0 Å². The van der Waals surface area contributed by atoms with E-state index in [4.69, 9.17) is 9.47 Å². The van der Waals surface area contributed by atoms with Crippen LogP contribution in [0.15, 0.2) is 50.3 Å². The molecular weight excluding hydrogens is 1080 g/mol. The van der Waals surface area contributed by atoms with Gasteiger partial charge in [0.05, 0.1) is 75.7 Å². The Balaban J connectivity index is 0.000000505. The average Bonchev–Trinajstić information content (AvgIpc) is 4.05. The largest absolute Gasteiger partial charge is 0.457 e. The Labute approximate surface area is 485 Å². The fourth-order valence-electron chi connectivity index (χ4n) is 9.08. The van der Waals surface area contributed by atoms with Gasteiger partial charge in [0, 0.05) is 49.5 Å². The van der Waals surface area contributed by atoms with E-state index in [-0.39, 0.29) is 42.3 Å². The Morgan fingerprint density at radius 1 is 0.691 bits per heavy atom. The number of urea groups is 2. The number of thiazole rings is 2. The number of nitrogens with zero attached hydrogens (tertiary/aromatic N) is 3. The number of rotatable bonds is 7. The van der Waals surface area contributed by atoms with Crippen LogP contribution < -0.4 is 27.3 Å². The molecule has 0 saturated heterocycles. The first-order chi connectivity index (χ1) is 37.9. The second-order valence-corrected chi connectivity index (χ2v) is 24.2. The average molecular weight is 1170 g/mol. The minimum Gasteiger partial charge on any atom is -0.457 e. The minimum absolute atomic E-state index is 0.160. The van der Waals surface area contributed by atoms with Crippen LogP contribution in [0.3, 0.4) is 0 Å². The Morgan fingerprint density at radius 3 is 1.43 bits per heavy atom. The quantitative estimate of drug-likeness (QED) is 0.0326. The van der Waals surface area contributed by atoms with Crippen molar-refractivity contribution in [2.45, 2.75) is 184 Å². The van der Waals surface area contributed by atoms with Crippen molar-refractivity contribution < 1.29 is 63.5 Å². The number of aromatic nitrogens is 2. The topological polar surface area (TPSA) is 331 Å². The van der Waals surface area contributed by atoms with Crippen molar-refractivity contribution in [3.8, 4) is 0 Å². The minimum atomic E-state index is -1.29. The van der Waals surface area contributed by atoms with Crippen LogP contribution in [-0.2, 0) is 33.4 Å². The highest BCUT2D eigenvalue weighted by molar-refractivity contribution is 7.09. The molecule has 2 aromatic heterocycles. The first kappa shape index (κ1) is 71.3. The zero-order valence-electron chi connectivity index (χ0n) is 49.7. The van der Waals surface area contributed by atoms with Crippen LogP contribution in [0, 0.1) is 48.3 Å². The van der Waals surface area contributed by atoms with Gasteiger partial charge in [-0.15, -0.1) is 22.7 Å². The highest BCUT2D eigenvalue weighted by atomic mass is 32.1. The molecule has 2 aliphatic heterocycles. The number of aldehydes is 1. The number of carbonyl (C=O) groups is 7. The fourth-order valence-corrected chi connectivity index (χ4v) is 10.2. The van der Waals surface area contributed by atoms with Gasteiger partial charge in [-0.05, 0) is 113 Å². The van der Waals surface area contributed by atoms with E-state index in [1.165, 1.54) is 36.8 Å². The highest BCUT2D eigenvalue weighted by Crippen LogP contribution is 2.35. The summed E-state index contributed by atoms with van der Waals surface area (Å²) >= 11 is 3.04. The van der Waals surface area contributed by atoms with Gasteiger partial charge in [0.15, 0.2) is 0 Å². The number of aliphatic hydroxyl groups excluding tert-OH is 4. The number of hydrazine groups is 1. The molecule has 452 valence electrons. The molecule has 81 heavy (non-hydrogen) atoms. The third kappa shape index (κ3) is 23.5. The van der Waals surface area contributed by atoms with E-state index in [9.17, 15) is 54.0 Å². The second-order valence-electron chi connectivity index (χ2n) is 22.0. The van der Waals surface area contributed by atoms with Gasteiger partial charge < -0.3 is 40.5 Å². The summed E-state index contributed by atoms with van der Waals surface area (Å²) in [5.74, 6) is 0.965. The van der Waals surface area contributed by atoms with Crippen molar-refractivity contribution >= 4 is 82.9 Å². The lowest BCUT2D eigenvalue weighted by atomic mass is 9.73. The van der Waals surface area contributed by atoms with Gasteiger partial charge in [-0.2, -0.15) is 5.10 Å². The molecule has 0 saturated carbocycles. The lowest BCUT2D eigenvalue weighted by molar-refractivity contribution is -0.155. The summed E-state index contributed by atoms with van der Waals surface area (Å²) in [6.45, 7) is 21.0. The van der Waals surface area contributed by atoms with Gasteiger partial charge in [0.25, 0.3) is 0 Å². The number of carbonyl (C=O) groups excluding carboxylic acids is 7. The van der Waals surface area contributed by atoms with E-state index in [1.807, 2.05) is 76.0 Å². The lowest BCUT2D eigenvalue weighted by Gasteiger charge is -2.34. The smallest absolute Gasteiger partial charge is 0.334 e. The number of cyclic esters (lactones) is 2. The van der Waals surface area contributed by atoms with Crippen LogP contribution in [0.2, 0.25) is 0 Å². The van der Waals surface area contributed by atoms with Gasteiger partial charge in [-0.25, -0.2) is 30.8 Å². The molecule has 0 aliphatic carbocycles. The maximum atomic E-state index is 13.3. The summed E-state index contributed by atoms with van der Waals surface area (Å²) in [4.78, 5) is 94.3. The van der Waals surface area contributed by atoms with Crippen LogP contribution in [-0.4, -0.2) is 129 Å². The first-order valence-corrected chi connectivity index (χ1v) is 29.1. The molecule has 2 aliphatic rings. The van der Waals surface area contributed by atoms with Crippen LogP contribution in [0.25, 0.3) is 12.2 Å². The molecule has 21 nitrogen and oxygen atoms in total. The molecule has 2 unspecified atom stereocenters. The number of ether oxygens (including phenoxy) is 2. The van der Waals surface area contributed by atoms with Gasteiger partial charge in [-0.1, -0.05) is 67.5 Å². The number of ketones is 2. The van der Waals surface area contributed by atoms with E-state index < -0.39 is 77.3 Å². The number of hydrogen-bond acceptors (Lipinski definition) is 19.